The normalized spacial score (nSPS) is 11.5. The molecule has 0 aliphatic heterocycles. The van der Waals surface area contributed by atoms with Crippen LogP contribution in [0.15, 0.2) is 81.6 Å². The van der Waals surface area contributed by atoms with Crippen molar-refractivity contribution in [3.8, 4) is 0 Å². The minimum atomic E-state index is -3.97. The highest BCUT2D eigenvalue weighted by molar-refractivity contribution is 7.98. The van der Waals surface area contributed by atoms with Gasteiger partial charge in [0.2, 0.25) is 0 Å². The van der Waals surface area contributed by atoms with Gasteiger partial charge in [0.25, 0.3) is 15.9 Å². The van der Waals surface area contributed by atoms with Crippen LogP contribution in [0.1, 0.15) is 22.3 Å². The van der Waals surface area contributed by atoms with Gasteiger partial charge in [-0.05, 0) is 68.5 Å². The molecule has 172 valence electrons. The third-order valence-corrected chi connectivity index (χ3v) is 7.55. The van der Waals surface area contributed by atoms with Crippen LogP contribution >= 0.6 is 11.8 Å². The molecule has 0 fully saturated rings. The minimum Gasteiger partial charge on any atom is -0.271 e. The molecular weight excluding hydrogens is 454 g/mol. The lowest BCUT2D eigenvalue weighted by molar-refractivity contribution is -0.119. The lowest BCUT2D eigenvalue weighted by Crippen LogP contribution is -2.40. The highest BCUT2D eigenvalue weighted by Gasteiger charge is 2.28. The van der Waals surface area contributed by atoms with E-state index in [1.54, 1.807) is 42.1 Å². The maximum absolute atomic E-state index is 13.5. The van der Waals surface area contributed by atoms with E-state index in [1.165, 1.54) is 6.21 Å². The van der Waals surface area contributed by atoms with Crippen molar-refractivity contribution < 1.29 is 13.2 Å². The lowest BCUT2D eigenvalue weighted by atomic mass is 10.1. The van der Waals surface area contributed by atoms with Crippen LogP contribution in [-0.2, 0) is 14.8 Å². The van der Waals surface area contributed by atoms with Gasteiger partial charge in [0, 0.05) is 4.90 Å². The molecule has 0 aliphatic carbocycles. The average Bonchev–Trinajstić information content (AvgIpc) is 2.78. The molecule has 0 bridgehead atoms. The number of hydrogen-bond acceptors (Lipinski definition) is 5. The van der Waals surface area contributed by atoms with Crippen molar-refractivity contribution in [1.29, 1.82) is 0 Å². The van der Waals surface area contributed by atoms with Gasteiger partial charge in [0.05, 0.1) is 16.8 Å². The Morgan fingerprint density at radius 2 is 1.61 bits per heavy atom. The summed E-state index contributed by atoms with van der Waals surface area (Å²) in [7, 11) is -3.97. The van der Waals surface area contributed by atoms with Crippen molar-refractivity contribution >= 4 is 39.6 Å². The Morgan fingerprint density at radius 1 is 0.970 bits per heavy atom. The van der Waals surface area contributed by atoms with Gasteiger partial charge in [0.1, 0.15) is 6.54 Å². The molecule has 0 atom stereocenters. The molecule has 33 heavy (non-hydrogen) atoms. The third-order valence-electron chi connectivity index (χ3n) is 5.04. The molecule has 6 nitrogen and oxygen atoms in total. The Kier molecular flexibility index (Phi) is 7.94. The largest absolute Gasteiger partial charge is 0.271 e. The summed E-state index contributed by atoms with van der Waals surface area (Å²) in [5.41, 5.74) is 6.43. The Labute approximate surface area is 199 Å². The molecule has 0 aromatic heterocycles. The number of anilines is 1. The Hall–Kier alpha value is -3.10. The first-order chi connectivity index (χ1) is 15.7. The number of thioether (sulfide) groups is 1. The van der Waals surface area contributed by atoms with Crippen molar-refractivity contribution in [2.24, 2.45) is 5.10 Å². The van der Waals surface area contributed by atoms with E-state index < -0.39 is 22.5 Å². The van der Waals surface area contributed by atoms with Crippen molar-refractivity contribution in [2.75, 3.05) is 17.1 Å². The number of hydrogen-bond donors (Lipinski definition) is 1. The van der Waals surface area contributed by atoms with Crippen LogP contribution < -0.4 is 9.73 Å². The predicted octanol–water partition coefficient (Wildman–Crippen LogP) is 4.68. The molecule has 3 aromatic carbocycles. The van der Waals surface area contributed by atoms with Gasteiger partial charge < -0.3 is 0 Å². The Morgan fingerprint density at radius 3 is 2.21 bits per heavy atom. The van der Waals surface area contributed by atoms with Crippen LogP contribution in [-0.4, -0.2) is 33.3 Å². The summed E-state index contributed by atoms with van der Waals surface area (Å²) in [6, 6.07) is 19.7. The highest BCUT2D eigenvalue weighted by atomic mass is 32.2. The van der Waals surface area contributed by atoms with E-state index >= 15 is 0 Å². The molecule has 1 N–H and O–H groups in total. The summed E-state index contributed by atoms with van der Waals surface area (Å²) in [4.78, 5) is 13.9. The lowest BCUT2D eigenvalue weighted by Gasteiger charge is -2.25. The van der Waals surface area contributed by atoms with E-state index in [0.717, 1.165) is 31.5 Å². The van der Waals surface area contributed by atoms with Gasteiger partial charge in [-0.25, -0.2) is 13.8 Å². The van der Waals surface area contributed by atoms with E-state index in [0.29, 0.717) is 5.69 Å². The van der Waals surface area contributed by atoms with Gasteiger partial charge in [-0.15, -0.1) is 11.8 Å². The zero-order chi connectivity index (χ0) is 24.0. The number of sulfonamides is 1. The summed E-state index contributed by atoms with van der Waals surface area (Å²) in [6.07, 6.45) is 3.52. The zero-order valence-electron chi connectivity index (χ0n) is 19.1. The number of nitrogens with zero attached hydrogens (tertiary/aromatic N) is 2. The Balaban J connectivity index is 1.85. The second kappa shape index (κ2) is 10.7. The number of hydrazone groups is 1. The number of rotatable bonds is 8. The zero-order valence-corrected chi connectivity index (χ0v) is 20.7. The fraction of sp³-hybridized carbons (Fsp3) is 0.200. The second-order valence-corrected chi connectivity index (χ2v) is 10.4. The summed E-state index contributed by atoms with van der Waals surface area (Å²) in [5, 5.41) is 3.99. The molecular formula is C25H27N3O3S2. The topological polar surface area (TPSA) is 78.8 Å². The molecule has 0 spiro atoms. The minimum absolute atomic E-state index is 0.123. The molecule has 0 radical (unpaired) electrons. The first kappa shape index (κ1) is 24.5. The first-order valence-electron chi connectivity index (χ1n) is 10.3. The SMILES string of the molecule is CSc1ccc(/C=N\NC(=O)CN(c2ccc(C)cc2C)S(=O)(=O)c2ccc(C)cc2)cc1. The number of carbonyl (C=O) groups is 1. The summed E-state index contributed by atoms with van der Waals surface area (Å²) in [6.45, 7) is 5.25. The second-order valence-electron chi connectivity index (χ2n) is 7.68. The van der Waals surface area contributed by atoms with Crippen LogP contribution in [0.4, 0.5) is 5.69 Å². The van der Waals surface area contributed by atoms with E-state index in [9.17, 15) is 13.2 Å². The number of benzene rings is 3. The summed E-state index contributed by atoms with van der Waals surface area (Å²) < 4.78 is 28.1. The third kappa shape index (κ3) is 6.24. The van der Waals surface area contributed by atoms with Crippen LogP contribution in [0.2, 0.25) is 0 Å². The standard InChI is InChI=1S/C25H27N3O3S2/c1-18-5-12-23(13-6-18)33(30,31)28(24-14-7-19(2)15-20(24)3)17-25(29)27-26-16-21-8-10-22(32-4)11-9-21/h5-16H,17H2,1-4H3,(H,27,29)/b26-16-. The number of aryl methyl sites for hydroxylation is 3. The maximum Gasteiger partial charge on any atom is 0.264 e. The quantitative estimate of drug-likeness (QED) is 0.288. The van der Waals surface area contributed by atoms with Crippen molar-refractivity contribution in [3.05, 3.63) is 89.0 Å². The van der Waals surface area contributed by atoms with E-state index in [2.05, 4.69) is 10.5 Å². The van der Waals surface area contributed by atoms with Gasteiger partial charge in [-0.3, -0.25) is 9.10 Å². The van der Waals surface area contributed by atoms with Gasteiger partial charge >= 0.3 is 0 Å². The van der Waals surface area contributed by atoms with Gasteiger partial charge in [-0.1, -0.05) is 47.5 Å². The molecule has 3 aromatic rings. The number of amides is 1. The van der Waals surface area contributed by atoms with E-state index in [1.807, 2.05) is 63.4 Å². The fourth-order valence-electron chi connectivity index (χ4n) is 3.26. The molecule has 1 amide bonds. The molecule has 0 saturated carbocycles. The van der Waals surface area contributed by atoms with Crippen LogP contribution in [0.3, 0.4) is 0 Å². The Bertz CT molecular complexity index is 1250. The first-order valence-corrected chi connectivity index (χ1v) is 13.0. The molecule has 0 unspecified atom stereocenters. The molecule has 0 saturated heterocycles. The molecule has 8 heteroatoms. The fourth-order valence-corrected chi connectivity index (χ4v) is 5.15. The van der Waals surface area contributed by atoms with Gasteiger partial charge in [-0.2, -0.15) is 5.10 Å². The summed E-state index contributed by atoms with van der Waals surface area (Å²) in [5.74, 6) is -0.539. The van der Waals surface area contributed by atoms with Crippen molar-refractivity contribution in [1.82, 2.24) is 5.43 Å². The number of carbonyl (C=O) groups excluding carboxylic acids is 1. The number of nitrogens with one attached hydrogen (secondary N) is 1. The van der Waals surface area contributed by atoms with Crippen molar-refractivity contribution in [3.63, 3.8) is 0 Å². The molecule has 0 aliphatic rings. The molecule has 0 heterocycles. The monoisotopic (exact) mass is 481 g/mol. The van der Waals surface area contributed by atoms with E-state index in [4.69, 9.17) is 0 Å². The smallest absolute Gasteiger partial charge is 0.264 e. The van der Waals surface area contributed by atoms with Crippen molar-refractivity contribution in [2.45, 2.75) is 30.6 Å². The predicted molar refractivity (Wildman–Crippen MR) is 136 cm³/mol. The average molecular weight is 482 g/mol. The van der Waals surface area contributed by atoms with E-state index in [-0.39, 0.29) is 4.90 Å². The highest BCUT2D eigenvalue weighted by Crippen LogP contribution is 2.27. The summed E-state index contributed by atoms with van der Waals surface area (Å²) >= 11 is 1.64. The van der Waals surface area contributed by atoms with Gasteiger partial charge in [0.15, 0.2) is 0 Å². The maximum atomic E-state index is 13.5. The van der Waals surface area contributed by atoms with Crippen LogP contribution in [0.5, 0.6) is 0 Å². The van der Waals surface area contributed by atoms with Crippen LogP contribution in [0.25, 0.3) is 0 Å². The van der Waals surface area contributed by atoms with Crippen LogP contribution in [0, 0.1) is 20.8 Å². The molecule has 3 rings (SSSR count).